The molecule has 1 aromatic heterocycles. The summed E-state index contributed by atoms with van der Waals surface area (Å²) in [7, 11) is 0. The zero-order chi connectivity index (χ0) is 23.8. The summed E-state index contributed by atoms with van der Waals surface area (Å²) in [5, 5.41) is 10.7. The van der Waals surface area contributed by atoms with Gasteiger partial charge in [0.2, 0.25) is 5.78 Å². The van der Waals surface area contributed by atoms with Crippen molar-refractivity contribution in [2.24, 2.45) is 0 Å². The van der Waals surface area contributed by atoms with Crippen LogP contribution in [0.4, 0.5) is 10.1 Å². The molecule has 0 amide bonds. The smallest absolute Gasteiger partial charge is 0.207 e. The summed E-state index contributed by atoms with van der Waals surface area (Å²) in [5.41, 5.74) is 2.81. The number of benzene rings is 3. The molecule has 3 aromatic carbocycles. The Balaban J connectivity index is 1.54. The molecular formula is C28H26FNO3S. The van der Waals surface area contributed by atoms with Crippen LogP contribution in [0.15, 0.2) is 54.6 Å². The van der Waals surface area contributed by atoms with E-state index in [9.17, 15) is 14.3 Å². The van der Waals surface area contributed by atoms with E-state index in [0.717, 1.165) is 23.2 Å². The van der Waals surface area contributed by atoms with Gasteiger partial charge in [-0.25, -0.2) is 4.39 Å². The fourth-order valence-electron chi connectivity index (χ4n) is 4.69. The van der Waals surface area contributed by atoms with Crippen LogP contribution >= 0.6 is 11.3 Å². The van der Waals surface area contributed by atoms with Gasteiger partial charge in [0.15, 0.2) is 5.75 Å². The average molecular weight is 476 g/mol. The maximum absolute atomic E-state index is 13.9. The van der Waals surface area contributed by atoms with Gasteiger partial charge in [-0.05, 0) is 98.8 Å². The molecule has 0 aliphatic carbocycles. The molecule has 1 saturated heterocycles. The summed E-state index contributed by atoms with van der Waals surface area (Å²) in [4.78, 5) is 16.5. The molecule has 2 heterocycles. The lowest BCUT2D eigenvalue weighted by atomic mass is 9.97. The third kappa shape index (κ3) is 4.26. The maximum Gasteiger partial charge on any atom is 0.207 e. The average Bonchev–Trinajstić information content (AvgIpc) is 3.16. The van der Waals surface area contributed by atoms with Crippen molar-refractivity contribution in [2.75, 3.05) is 18.0 Å². The number of nitrogens with zero attached hydrogens (tertiary/aromatic N) is 1. The van der Waals surface area contributed by atoms with Crippen LogP contribution in [0, 0.1) is 19.7 Å². The van der Waals surface area contributed by atoms with Gasteiger partial charge >= 0.3 is 0 Å². The third-order valence-corrected chi connectivity index (χ3v) is 7.47. The van der Waals surface area contributed by atoms with Crippen LogP contribution in [0.1, 0.15) is 45.6 Å². The predicted molar refractivity (Wildman–Crippen MR) is 135 cm³/mol. The van der Waals surface area contributed by atoms with E-state index < -0.39 is 0 Å². The Kier molecular flexibility index (Phi) is 6.00. The Morgan fingerprint density at radius 1 is 0.971 bits per heavy atom. The molecule has 0 bridgehead atoms. The molecule has 0 unspecified atom stereocenters. The first-order valence-electron chi connectivity index (χ1n) is 11.5. The van der Waals surface area contributed by atoms with Crippen molar-refractivity contribution >= 4 is 32.9 Å². The Hall–Kier alpha value is -3.38. The lowest BCUT2D eigenvalue weighted by Gasteiger charge is -2.28. The number of rotatable bonds is 5. The highest BCUT2D eigenvalue weighted by atomic mass is 32.1. The first kappa shape index (κ1) is 22.4. The monoisotopic (exact) mass is 475 g/mol. The van der Waals surface area contributed by atoms with E-state index in [0.29, 0.717) is 33.1 Å². The van der Waals surface area contributed by atoms with Gasteiger partial charge < -0.3 is 14.7 Å². The number of aryl methyl sites for hydroxylation is 2. The third-order valence-electron chi connectivity index (χ3n) is 6.34. The molecule has 0 saturated carbocycles. The summed E-state index contributed by atoms with van der Waals surface area (Å²) >= 11 is 1.27. The van der Waals surface area contributed by atoms with E-state index in [2.05, 4.69) is 17.0 Å². The molecule has 6 heteroatoms. The van der Waals surface area contributed by atoms with Crippen molar-refractivity contribution < 1.29 is 19.0 Å². The highest BCUT2D eigenvalue weighted by Gasteiger charge is 2.25. The number of carbonyl (C=O) groups excluding carboxylic acids is 1. The van der Waals surface area contributed by atoms with Crippen LogP contribution < -0.4 is 9.64 Å². The SMILES string of the molecule is Cc1cc(F)cc(C)c1C(=O)c1sc2cc(O)ccc2c1Oc1ccc(N2CCCCC2)cc1. The number of fused-ring (bicyclic) bond motifs is 1. The molecule has 4 aromatic rings. The van der Waals surface area contributed by atoms with Gasteiger partial charge in [-0.1, -0.05) is 0 Å². The molecule has 1 aliphatic heterocycles. The Bertz CT molecular complexity index is 1350. The predicted octanol–water partition coefficient (Wildman–Crippen LogP) is 7.38. The van der Waals surface area contributed by atoms with Crippen molar-refractivity contribution in [3.8, 4) is 17.2 Å². The summed E-state index contributed by atoms with van der Waals surface area (Å²) in [6.07, 6.45) is 3.70. The first-order chi connectivity index (χ1) is 16.4. The minimum atomic E-state index is -0.363. The normalized spacial score (nSPS) is 13.9. The molecule has 34 heavy (non-hydrogen) atoms. The lowest BCUT2D eigenvalue weighted by molar-refractivity contribution is 0.103. The second kappa shape index (κ2) is 9.11. The summed E-state index contributed by atoms with van der Waals surface area (Å²) < 4.78 is 20.9. The van der Waals surface area contributed by atoms with Gasteiger partial charge in [0.1, 0.15) is 22.2 Å². The van der Waals surface area contributed by atoms with E-state index in [1.807, 2.05) is 12.1 Å². The fourth-order valence-corrected chi connectivity index (χ4v) is 5.80. The molecule has 174 valence electrons. The molecule has 0 radical (unpaired) electrons. The minimum Gasteiger partial charge on any atom is -0.508 e. The highest BCUT2D eigenvalue weighted by Crippen LogP contribution is 2.43. The van der Waals surface area contributed by atoms with E-state index >= 15 is 0 Å². The molecule has 5 rings (SSSR count). The molecular weight excluding hydrogens is 449 g/mol. The Morgan fingerprint density at radius 3 is 2.32 bits per heavy atom. The standard InChI is InChI=1S/C28H26FNO3S/c1-17-14-19(29)15-18(2)25(17)26(32)28-27(23-11-8-21(31)16-24(23)34-28)33-22-9-6-20(7-10-22)30-12-4-3-5-13-30/h6-11,14-16,31H,3-5,12-13H2,1-2H3. The number of ketones is 1. The number of thiophene rings is 1. The molecule has 1 aliphatic rings. The summed E-state index contributed by atoms with van der Waals surface area (Å²) in [6.45, 7) is 5.60. The highest BCUT2D eigenvalue weighted by molar-refractivity contribution is 7.21. The Morgan fingerprint density at radius 2 is 1.65 bits per heavy atom. The number of hydrogen-bond donors (Lipinski definition) is 1. The van der Waals surface area contributed by atoms with E-state index in [1.54, 1.807) is 32.0 Å². The Labute approximate surface area is 202 Å². The topological polar surface area (TPSA) is 49.8 Å². The van der Waals surface area contributed by atoms with E-state index in [1.165, 1.54) is 48.4 Å². The summed E-state index contributed by atoms with van der Waals surface area (Å²) in [5.74, 6) is 0.641. The fraction of sp³-hybridized carbons (Fsp3) is 0.250. The number of phenolic OH excluding ortho intramolecular Hbond substituents is 1. The number of hydrogen-bond acceptors (Lipinski definition) is 5. The van der Waals surface area contributed by atoms with Crippen molar-refractivity contribution in [1.29, 1.82) is 0 Å². The number of anilines is 1. The van der Waals surface area contributed by atoms with Crippen molar-refractivity contribution in [1.82, 2.24) is 0 Å². The van der Waals surface area contributed by atoms with Gasteiger partial charge in [0, 0.05) is 34.4 Å². The van der Waals surface area contributed by atoms with Gasteiger partial charge in [-0.15, -0.1) is 11.3 Å². The van der Waals surface area contributed by atoms with Gasteiger partial charge in [-0.2, -0.15) is 0 Å². The maximum atomic E-state index is 13.9. The van der Waals surface area contributed by atoms with Gasteiger partial charge in [0.25, 0.3) is 0 Å². The van der Waals surface area contributed by atoms with Gasteiger partial charge in [-0.3, -0.25) is 4.79 Å². The molecule has 0 spiro atoms. The number of halogens is 1. The molecule has 0 atom stereocenters. The summed E-state index contributed by atoms with van der Waals surface area (Å²) in [6, 6.07) is 15.7. The lowest BCUT2D eigenvalue weighted by Crippen LogP contribution is -2.29. The number of ether oxygens (including phenoxy) is 1. The first-order valence-corrected chi connectivity index (χ1v) is 12.3. The second-order valence-corrected chi connectivity index (χ2v) is 9.88. The number of aromatic hydroxyl groups is 1. The minimum absolute atomic E-state index is 0.124. The molecule has 1 N–H and O–H groups in total. The van der Waals surface area contributed by atoms with Crippen LogP contribution in [0.2, 0.25) is 0 Å². The van der Waals surface area contributed by atoms with Crippen LogP contribution in [0.5, 0.6) is 17.2 Å². The van der Waals surface area contributed by atoms with Crippen LogP contribution in [-0.4, -0.2) is 24.0 Å². The van der Waals surface area contributed by atoms with Crippen molar-refractivity contribution in [3.05, 3.63) is 82.0 Å². The molecule has 1 fully saturated rings. The van der Waals surface area contributed by atoms with Gasteiger partial charge in [0.05, 0.1) is 0 Å². The second-order valence-electron chi connectivity index (χ2n) is 8.83. The quantitative estimate of drug-likeness (QED) is 0.306. The number of carbonyl (C=O) groups is 1. The van der Waals surface area contributed by atoms with E-state index in [-0.39, 0.29) is 17.3 Å². The number of piperidine rings is 1. The van der Waals surface area contributed by atoms with Crippen LogP contribution in [0.25, 0.3) is 10.1 Å². The largest absolute Gasteiger partial charge is 0.508 e. The van der Waals surface area contributed by atoms with Crippen molar-refractivity contribution in [2.45, 2.75) is 33.1 Å². The zero-order valence-corrected chi connectivity index (χ0v) is 20.0. The van der Waals surface area contributed by atoms with Crippen molar-refractivity contribution in [3.63, 3.8) is 0 Å². The van der Waals surface area contributed by atoms with Crippen LogP contribution in [-0.2, 0) is 0 Å². The molecule has 4 nitrogen and oxygen atoms in total. The zero-order valence-electron chi connectivity index (χ0n) is 19.2. The van der Waals surface area contributed by atoms with Crippen LogP contribution in [0.3, 0.4) is 0 Å². The van der Waals surface area contributed by atoms with E-state index in [4.69, 9.17) is 4.74 Å². The number of phenols is 1.